The Morgan fingerprint density at radius 1 is 0.971 bits per heavy atom. The lowest BCUT2D eigenvalue weighted by Crippen LogP contribution is -2.11. The molecule has 3 aromatic carbocycles. The molecule has 0 atom stereocenters. The number of hydrogen-bond acceptors (Lipinski definition) is 5. The van der Waals surface area contributed by atoms with E-state index in [1.165, 1.54) is 5.56 Å². The quantitative estimate of drug-likeness (QED) is 0.327. The molecule has 1 aliphatic heterocycles. The second-order valence-corrected chi connectivity index (χ2v) is 9.37. The smallest absolute Gasteiger partial charge is 0.232 e. The van der Waals surface area contributed by atoms with Crippen molar-refractivity contribution in [1.29, 1.82) is 0 Å². The van der Waals surface area contributed by atoms with E-state index in [1.54, 1.807) is 49.6 Å². The number of methoxy groups -OCH3 is 1. The van der Waals surface area contributed by atoms with Crippen LogP contribution in [-0.2, 0) is 5.41 Å². The van der Waals surface area contributed by atoms with Gasteiger partial charge in [0.25, 0.3) is 0 Å². The van der Waals surface area contributed by atoms with E-state index in [0.29, 0.717) is 28.4 Å². The molecule has 5 nitrogen and oxygen atoms in total. The molecule has 0 fully saturated rings. The van der Waals surface area contributed by atoms with Crippen molar-refractivity contribution in [3.05, 3.63) is 94.2 Å². The monoisotopic (exact) mass is 456 g/mol. The van der Waals surface area contributed by atoms with Crippen molar-refractivity contribution in [3.8, 4) is 17.2 Å². The minimum absolute atomic E-state index is 0.0594. The fourth-order valence-corrected chi connectivity index (χ4v) is 3.80. The van der Waals surface area contributed by atoms with Crippen LogP contribution in [0, 0.1) is 6.92 Å². The van der Waals surface area contributed by atoms with Crippen molar-refractivity contribution in [2.75, 3.05) is 13.7 Å². The first kappa shape index (κ1) is 23.3. The Kier molecular flexibility index (Phi) is 6.29. The first-order valence-electron chi connectivity index (χ1n) is 11.2. The highest BCUT2D eigenvalue weighted by Crippen LogP contribution is 2.37. The van der Waals surface area contributed by atoms with Gasteiger partial charge in [0.05, 0.1) is 12.7 Å². The maximum atomic E-state index is 13.0. The summed E-state index contributed by atoms with van der Waals surface area (Å²) >= 11 is 0. The van der Waals surface area contributed by atoms with Gasteiger partial charge in [0.1, 0.15) is 17.2 Å². The Bertz CT molecular complexity index is 1260. The summed E-state index contributed by atoms with van der Waals surface area (Å²) in [5.74, 6) is 1.55. The Hall–Kier alpha value is -3.86. The predicted octanol–water partition coefficient (Wildman–Crippen LogP) is 6.18. The summed E-state index contributed by atoms with van der Waals surface area (Å²) in [6, 6.07) is 18.4. The molecule has 34 heavy (non-hydrogen) atoms. The topological polar surface area (TPSA) is 61.8 Å². The first-order valence-corrected chi connectivity index (χ1v) is 11.2. The van der Waals surface area contributed by atoms with Gasteiger partial charge in [0, 0.05) is 11.6 Å². The van der Waals surface area contributed by atoms with Crippen LogP contribution in [0.5, 0.6) is 17.2 Å². The van der Waals surface area contributed by atoms with E-state index in [0.717, 1.165) is 11.1 Å². The van der Waals surface area contributed by atoms with Crippen LogP contribution in [0.25, 0.3) is 6.08 Å². The fraction of sp³-hybridized carbons (Fsp3) is 0.241. The molecule has 0 saturated carbocycles. The maximum absolute atomic E-state index is 13.0. The minimum atomic E-state index is -0.159. The highest BCUT2D eigenvalue weighted by atomic mass is 16.5. The average molecular weight is 457 g/mol. The van der Waals surface area contributed by atoms with Crippen molar-refractivity contribution in [3.63, 3.8) is 0 Å². The summed E-state index contributed by atoms with van der Waals surface area (Å²) in [5, 5.41) is 0. The summed E-state index contributed by atoms with van der Waals surface area (Å²) in [5.41, 5.74) is 3.96. The molecule has 0 spiro atoms. The molecule has 1 heterocycles. The summed E-state index contributed by atoms with van der Waals surface area (Å²) in [4.78, 5) is 25.4. The maximum Gasteiger partial charge on any atom is 0.232 e. The zero-order chi connectivity index (χ0) is 24.5. The van der Waals surface area contributed by atoms with Gasteiger partial charge in [0.2, 0.25) is 5.78 Å². The Labute approximate surface area is 200 Å². The predicted molar refractivity (Wildman–Crippen MR) is 132 cm³/mol. The summed E-state index contributed by atoms with van der Waals surface area (Å²) in [6.45, 7) is 8.19. The van der Waals surface area contributed by atoms with E-state index in [-0.39, 0.29) is 29.3 Å². The van der Waals surface area contributed by atoms with Crippen molar-refractivity contribution in [2.45, 2.75) is 33.1 Å². The van der Waals surface area contributed by atoms with E-state index in [9.17, 15) is 9.59 Å². The van der Waals surface area contributed by atoms with Gasteiger partial charge in [0.15, 0.2) is 18.1 Å². The standard InChI is InChI=1S/C29H28O5/c1-18-14-23(33-17-24(30)20-8-12-22(32-5)13-9-20)16-25-27(18)28(31)26(34-25)15-19-6-10-21(11-7-19)29(2,3)4/h6-16H,17H2,1-5H3/b26-15-. The number of rotatable bonds is 6. The van der Waals surface area contributed by atoms with Crippen LogP contribution >= 0.6 is 0 Å². The normalized spacial score (nSPS) is 14.0. The van der Waals surface area contributed by atoms with Crippen molar-refractivity contribution in [2.24, 2.45) is 0 Å². The number of ketones is 2. The van der Waals surface area contributed by atoms with E-state index in [1.807, 2.05) is 19.1 Å². The SMILES string of the molecule is COc1ccc(C(=O)COc2cc(C)c3c(c2)O/C(=C\c2ccc(C(C)(C)C)cc2)C3=O)cc1. The van der Waals surface area contributed by atoms with Crippen LogP contribution in [0.1, 0.15) is 58.2 Å². The third kappa shape index (κ3) is 4.88. The third-order valence-electron chi connectivity index (χ3n) is 5.80. The molecule has 0 N–H and O–H groups in total. The molecule has 0 aromatic heterocycles. The van der Waals surface area contributed by atoms with Gasteiger partial charge < -0.3 is 14.2 Å². The summed E-state index contributed by atoms with van der Waals surface area (Å²) < 4.78 is 16.7. The Balaban J connectivity index is 1.48. The zero-order valence-electron chi connectivity index (χ0n) is 20.1. The van der Waals surface area contributed by atoms with Gasteiger partial charge in [-0.15, -0.1) is 0 Å². The highest BCUT2D eigenvalue weighted by molar-refractivity contribution is 6.15. The molecule has 0 aliphatic carbocycles. The molecule has 0 saturated heterocycles. The average Bonchev–Trinajstić information content (AvgIpc) is 3.12. The largest absolute Gasteiger partial charge is 0.497 e. The number of benzene rings is 3. The van der Waals surface area contributed by atoms with Crippen LogP contribution < -0.4 is 14.2 Å². The lowest BCUT2D eigenvalue weighted by atomic mass is 9.86. The molecule has 3 aromatic rings. The number of carbonyl (C=O) groups excluding carboxylic acids is 2. The van der Waals surface area contributed by atoms with E-state index >= 15 is 0 Å². The zero-order valence-corrected chi connectivity index (χ0v) is 20.1. The molecule has 0 bridgehead atoms. The van der Waals surface area contributed by atoms with Gasteiger partial charge in [-0.05, 0) is 65.4 Å². The van der Waals surface area contributed by atoms with Crippen LogP contribution in [0.3, 0.4) is 0 Å². The Morgan fingerprint density at radius 3 is 2.26 bits per heavy atom. The first-order chi connectivity index (χ1) is 16.2. The van der Waals surface area contributed by atoms with Crippen LogP contribution in [-0.4, -0.2) is 25.3 Å². The number of allylic oxidation sites excluding steroid dienone is 1. The molecule has 1 aliphatic rings. The van der Waals surface area contributed by atoms with Gasteiger partial charge >= 0.3 is 0 Å². The van der Waals surface area contributed by atoms with Gasteiger partial charge in [-0.25, -0.2) is 0 Å². The van der Waals surface area contributed by atoms with Crippen molar-refractivity contribution in [1.82, 2.24) is 0 Å². The minimum Gasteiger partial charge on any atom is -0.497 e. The van der Waals surface area contributed by atoms with Gasteiger partial charge in [-0.2, -0.15) is 0 Å². The number of hydrogen-bond donors (Lipinski definition) is 0. The lowest BCUT2D eigenvalue weighted by molar-refractivity contribution is 0.0920. The number of ether oxygens (including phenoxy) is 3. The molecule has 0 unspecified atom stereocenters. The van der Waals surface area contributed by atoms with Gasteiger partial charge in [-0.3, -0.25) is 9.59 Å². The Morgan fingerprint density at radius 2 is 1.65 bits per heavy atom. The third-order valence-corrected chi connectivity index (χ3v) is 5.80. The second-order valence-electron chi connectivity index (χ2n) is 9.37. The number of carbonyl (C=O) groups is 2. The lowest BCUT2D eigenvalue weighted by Gasteiger charge is -2.18. The van der Waals surface area contributed by atoms with Crippen LogP contribution in [0.4, 0.5) is 0 Å². The van der Waals surface area contributed by atoms with E-state index in [2.05, 4.69) is 32.9 Å². The van der Waals surface area contributed by atoms with E-state index < -0.39 is 0 Å². The van der Waals surface area contributed by atoms with Crippen molar-refractivity contribution < 1.29 is 23.8 Å². The molecular weight excluding hydrogens is 428 g/mol. The molecule has 0 amide bonds. The second kappa shape index (κ2) is 9.18. The number of aryl methyl sites for hydroxylation is 1. The number of Topliss-reactive ketones (excluding diaryl/α,β-unsaturated/α-hetero) is 2. The molecule has 5 heteroatoms. The van der Waals surface area contributed by atoms with Crippen molar-refractivity contribution >= 4 is 17.6 Å². The van der Waals surface area contributed by atoms with Gasteiger partial charge in [-0.1, -0.05) is 45.0 Å². The molecule has 4 rings (SSSR count). The molecule has 0 radical (unpaired) electrons. The highest BCUT2D eigenvalue weighted by Gasteiger charge is 2.30. The van der Waals surface area contributed by atoms with Crippen LogP contribution in [0.2, 0.25) is 0 Å². The fourth-order valence-electron chi connectivity index (χ4n) is 3.80. The van der Waals surface area contributed by atoms with E-state index in [4.69, 9.17) is 14.2 Å². The number of fused-ring (bicyclic) bond motifs is 1. The molecular formula is C29H28O5. The molecule has 174 valence electrons. The van der Waals surface area contributed by atoms with Crippen LogP contribution in [0.15, 0.2) is 66.4 Å². The summed E-state index contributed by atoms with van der Waals surface area (Å²) in [7, 11) is 1.58. The summed E-state index contributed by atoms with van der Waals surface area (Å²) in [6.07, 6.45) is 1.75.